The van der Waals surface area contributed by atoms with Gasteiger partial charge < -0.3 is 0 Å². The Bertz CT molecular complexity index is 463. The average Bonchev–Trinajstić information content (AvgIpc) is 2.47. The highest BCUT2D eigenvalue weighted by molar-refractivity contribution is 5.95. The highest BCUT2D eigenvalue weighted by Gasteiger charge is 2.21. The summed E-state index contributed by atoms with van der Waals surface area (Å²) in [5.41, 5.74) is 1.36. The van der Waals surface area contributed by atoms with Gasteiger partial charge in [-0.25, -0.2) is 0 Å². The van der Waals surface area contributed by atoms with Crippen molar-refractivity contribution in [3.8, 4) is 0 Å². The number of amides is 1. The molecule has 0 heterocycles. The summed E-state index contributed by atoms with van der Waals surface area (Å²) in [5.74, 6) is -0.719. The van der Waals surface area contributed by atoms with Crippen LogP contribution >= 0.6 is 0 Å². The van der Waals surface area contributed by atoms with E-state index in [0.717, 1.165) is 5.56 Å². The van der Waals surface area contributed by atoms with Crippen LogP contribution in [0.2, 0.25) is 0 Å². The van der Waals surface area contributed by atoms with Crippen molar-refractivity contribution in [3.63, 3.8) is 0 Å². The van der Waals surface area contributed by atoms with Crippen LogP contribution < -0.4 is 5.06 Å². The molecule has 0 aromatic heterocycles. The molecule has 3 nitrogen and oxygen atoms in total. The van der Waals surface area contributed by atoms with Crippen molar-refractivity contribution in [2.45, 2.75) is 12.8 Å². The van der Waals surface area contributed by atoms with Crippen molar-refractivity contribution < 1.29 is 10.0 Å². The van der Waals surface area contributed by atoms with Crippen molar-refractivity contribution in [1.29, 1.82) is 0 Å². The number of carbonyl (C=O) groups excluding carboxylic acids is 1. The van der Waals surface area contributed by atoms with E-state index in [4.69, 9.17) is 0 Å². The summed E-state index contributed by atoms with van der Waals surface area (Å²) < 4.78 is 0. The maximum atomic E-state index is 12.1. The first-order chi connectivity index (χ1) is 8.70. The molecule has 0 spiro atoms. The Balaban J connectivity index is 2.17. The number of hydrogen-bond donors (Lipinski definition) is 1. The van der Waals surface area contributed by atoms with E-state index in [0.29, 0.717) is 10.8 Å². The number of nitrogens with zero attached hydrogens (tertiary/aromatic N) is 1. The van der Waals surface area contributed by atoms with Crippen LogP contribution in [0.1, 0.15) is 18.4 Å². The Morgan fingerprint density at radius 3 is 2.06 bits per heavy atom. The summed E-state index contributed by atoms with van der Waals surface area (Å²) in [4.78, 5) is 12.1. The van der Waals surface area contributed by atoms with Crippen LogP contribution in [0.25, 0.3) is 0 Å². The third-order valence-corrected chi connectivity index (χ3v) is 2.88. The largest absolute Gasteiger partial charge is 0.281 e. The molecule has 0 aliphatic heterocycles. The molecule has 1 atom stereocenters. The third-order valence-electron chi connectivity index (χ3n) is 2.88. The molecule has 2 aromatic rings. The van der Waals surface area contributed by atoms with Gasteiger partial charge in [-0.1, -0.05) is 48.5 Å². The first-order valence-electron chi connectivity index (χ1n) is 5.83. The molecule has 0 unspecified atom stereocenters. The Kier molecular flexibility index (Phi) is 3.75. The van der Waals surface area contributed by atoms with Gasteiger partial charge in [0.15, 0.2) is 0 Å². The van der Waals surface area contributed by atoms with Crippen molar-refractivity contribution >= 4 is 11.6 Å². The highest BCUT2D eigenvalue weighted by atomic mass is 16.5. The molecule has 1 amide bonds. The van der Waals surface area contributed by atoms with Gasteiger partial charge in [0.25, 0.3) is 5.91 Å². The van der Waals surface area contributed by atoms with E-state index in [1.165, 1.54) is 0 Å². The molecule has 0 aliphatic carbocycles. The van der Waals surface area contributed by atoms with Crippen LogP contribution in [0.5, 0.6) is 0 Å². The van der Waals surface area contributed by atoms with E-state index < -0.39 is 0 Å². The Hall–Kier alpha value is -2.13. The third kappa shape index (κ3) is 2.57. The number of carbonyl (C=O) groups is 1. The van der Waals surface area contributed by atoms with Crippen molar-refractivity contribution in [3.05, 3.63) is 66.2 Å². The topological polar surface area (TPSA) is 40.5 Å². The number of hydrogen-bond acceptors (Lipinski definition) is 2. The minimum atomic E-state index is -0.378. The van der Waals surface area contributed by atoms with Crippen molar-refractivity contribution in [2.24, 2.45) is 0 Å². The minimum Gasteiger partial charge on any atom is -0.281 e. The molecular formula is C15H15NO2. The second-order valence-corrected chi connectivity index (χ2v) is 4.12. The molecule has 2 rings (SSSR count). The van der Waals surface area contributed by atoms with Gasteiger partial charge in [0, 0.05) is 0 Å². The van der Waals surface area contributed by atoms with Crippen LogP contribution in [0.4, 0.5) is 5.69 Å². The van der Waals surface area contributed by atoms with Gasteiger partial charge in [0.2, 0.25) is 0 Å². The molecule has 0 bridgehead atoms. The van der Waals surface area contributed by atoms with Gasteiger partial charge in [-0.3, -0.25) is 10.0 Å². The van der Waals surface area contributed by atoms with Crippen LogP contribution in [0.15, 0.2) is 60.7 Å². The average molecular weight is 241 g/mol. The lowest BCUT2D eigenvalue weighted by molar-refractivity contribution is -0.124. The Labute approximate surface area is 106 Å². The van der Waals surface area contributed by atoms with E-state index in [9.17, 15) is 10.0 Å². The number of para-hydroxylation sites is 1. The fourth-order valence-corrected chi connectivity index (χ4v) is 1.76. The molecule has 0 aliphatic rings. The molecule has 0 saturated heterocycles. The van der Waals surface area contributed by atoms with Crippen molar-refractivity contribution in [2.75, 3.05) is 5.06 Å². The first-order valence-corrected chi connectivity index (χ1v) is 5.83. The van der Waals surface area contributed by atoms with Gasteiger partial charge in [-0.05, 0) is 24.6 Å². The molecule has 2 aromatic carbocycles. The molecule has 18 heavy (non-hydrogen) atoms. The van der Waals surface area contributed by atoms with Crippen LogP contribution in [-0.2, 0) is 4.79 Å². The van der Waals surface area contributed by atoms with Crippen LogP contribution in [0.3, 0.4) is 0 Å². The predicted molar refractivity (Wildman–Crippen MR) is 70.6 cm³/mol. The standard InChI is InChI=1S/C15H15NO2/c1-12(13-8-4-2-5-9-13)15(17)16(18)14-10-6-3-7-11-14/h2-12,18H,1H3/t12-/m0/s1. The number of benzene rings is 2. The van der Waals surface area contributed by atoms with E-state index >= 15 is 0 Å². The van der Waals surface area contributed by atoms with Gasteiger partial charge in [0.1, 0.15) is 0 Å². The SMILES string of the molecule is C[C@H](C(=O)N(O)c1ccccc1)c1ccccc1. The molecule has 0 radical (unpaired) electrons. The number of hydroxylamine groups is 1. The Morgan fingerprint density at radius 2 is 1.50 bits per heavy atom. The lowest BCUT2D eigenvalue weighted by atomic mass is 10.0. The lowest BCUT2D eigenvalue weighted by Gasteiger charge is -2.19. The summed E-state index contributed by atoms with van der Waals surface area (Å²) in [5, 5.41) is 10.6. The first kappa shape index (κ1) is 12.3. The normalized spacial score (nSPS) is 11.9. The van der Waals surface area contributed by atoms with E-state index in [1.807, 2.05) is 36.4 Å². The maximum absolute atomic E-state index is 12.1. The molecule has 92 valence electrons. The number of anilines is 1. The lowest BCUT2D eigenvalue weighted by Crippen LogP contribution is -2.31. The van der Waals surface area contributed by atoms with Gasteiger partial charge in [0.05, 0.1) is 11.6 Å². The summed E-state index contributed by atoms with van der Waals surface area (Å²) in [6.45, 7) is 1.78. The zero-order chi connectivity index (χ0) is 13.0. The second-order valence-electron chi connectivity index (χ2n) is 4.12. The molecule has 0 fully saturated rings. The summed E-state index contributed by atoms with van der Waals surface area (Å²) >= 11 is 0. The summed E-state index contributed by atoms with van der Waals surface area (Å²) in [6.07, 6.45) is 0. The fraction of sp³-hybridized carbons (Fsp3) is 0.133. The van der Waals surface area contributed by atoms with Crippen LogP contribution in [-0.4, -0.2) is 11.1 Å². The van der Waals surface area contributed by atoms with Crippen LogP contribution in [0, 0.1) is 0 Å². The van der Waals surface area contributed by atoms with Gasteiger partial charge in [-0.2, -0.15) is 5.06 Å². The zero-order valence-corrected chi connectivity index (χ0v) is 10.2. The predicted octanol–water partition coefficient (Wildman–Crippen LogP) is 3.21. The quantitative estimate of drug-likeness (QED) is 0.662. The summed E-state index contributed by atoms with van der Waals surface area (Å²) in [7, 11) is 0. The van der Waals surface area contributed by atoms with Crippen molar-refractivity contribution in [1.82, 2.24) is 0 Å². The Morgan fingerprint density at radius 1 is 1.00 bits per heavy atom. The highest BCUT2D eigenvalue weighted by Crippen LogP contribution is 2.20. The molecular weight excluding hydrogens is 226 g/mol. The monoisotopic (exact) mass is 241 g/mol. The molecule has 1 N–H and O–H groups in total. The molecule has 3 heteroatoms. The van der Waals surface area contributed by atoms with E-state index in [2.05, 4.69) is 0 Å². The van der Waals surface area contributed by atoms with E-state index in [1.54, 1.807) is 31.2 Å². The fourth-order valence-electron chi connectivity index (χ4n) is 1.76. The minimum absolute atomic E-state index is 0.340. The second kappa shape index (κ2) is 5.47. The van der Waals surface area contributed by atoms with Gasteiger partial charge >= 0.3 is 0 Å². The smallest absolute Gasteiger partial charge is 0.257 e. The zero-order valence-electron chi connectivity index (χ0n) is 10.2. The maximum Gasteiger partial charge on any atom is 0.257 e. The van der Waals surface area contributed by atoms with E-state index in [-0.39, 0.29) is 11.8 Å². The molecule has 0 saturated carbocycles. The van der Waals surface area contributed by atoms with Gasteiger partial charge in [-0.15, -0.1) is 0 Å². The summed E-state index contributed by atoms with van der Waals surface area (Å²) in [6, 6.07) is 18.2. The number of rotatable bonds is 3.